The largest absolute Gasteiger partial charge is 0.399 e. The standard InChI is InChI=1S/C14H13Cl2N3O/c1-8-4-11(17)2-3-13(8)19-14(20)18-12-6-9(15)5-10(16)7-12/h2-7H,17H2,1H3,(H2,18,19,20). The van der Waals surface area contributed by atoms with Gasteiger partial charge in [-0.3, -0.25) is 0 Å². The topological polar surface area (TPSA) is 67.1 Å². The summed E-state index contributed by atoms with van der Waals surface area (Å²) >= 11 is 11.7. The van der Waals surface area contributed by atoms with E-state index in [1.807, 2.05) is 6.92 Å². The molecule has 4 N–H and O–H groups in total. The maximum Gasteiger partial charge on any atom is 0.323 e. The third-order valence-corrected chi connectivity index (χ3v) is 3.06. The van der Waals surface area contributed by atoms with Crippen molar-refractivity contribution in [2.24, 2.45) is 0 Å². The first-order valence-corrected chi connectivity index (χ1v) is 6.60. The summed E-state index contributed by atoms with van der Waals surface area (Å²) in [6, 6.07) is 9.69. The van der Waals surface area contributed by atoms with Gasteiger partial charge in [-0.15, -0.1) is 0 Å². The molecule has 0 saturated heterocycles. The molecule has 2 rings (SSSR count). The highest BCUT2D eigenvalue weighted by molar-refractivity contribution is 6.35. The summed E-state index contributed by atoms with van der Waals surface area (Å²) in [4.78, 5) is 11.9. The summed E-state index contributed by atoms with van der Waals surface area (Å²) in [6.07, 6.45) is 0. The van der Waals surface area contributed by atoms with Gasteiger partial charge in [0, 0.05) is 27.1 Å². The number of rotatable bonds is 2. The quantitative estimate of drug-likeness (QED) is 0.713. The van der Waals surface area contributed by atoms with Gasteiger partial charge in [0.15, 0.2) is 0 Å². The predicted octanol–water partition coefficient (Wildman–Crippen LogP) is 4.53. The second-order valence-corrected chi connectivity index (χ2v) is 5.18. The number of carbonyl (C=O) groups excluding carboxylic acids is 1. The Morgan fingerprint density at radius 1 is 1.05 bits per heavy atom. The van der Waals surface area contributed by atoms with E-state index in [0.717, 1.165) is 5.56 Å². The van der Waals surface area contributed by atoms with E-state index < -0.39 is 0 Å². The van der Waals surface area contributed by atoms with Gasteiger partial charge in [-0.05, 0) is 48.9 Å². The summed E-state index contributed by atoms with van der Waals surface area (Å²) in [6.45, 7) is 1.86. The van der Waals surface area contributed by atoms with E-state index in [9.17, 15) is 4.79 Å². The molecule has 0 saturated carbocycles. The maximum atomic E-state index is 11.9. The molecular weight excluding hydrogens is 297 g/mol. The van der Waals surface area contributed by atoms with Gasteiger partial charge in [0.05, 0.1) is 0 Å². The van der Waals surface area contributed by atoms with Gasteiger partial charge in [-0.1, -0.05) is 23.2 Å². The van der Waals surface area contributed by atoms with Crippen molar-refractivity contribution < 1.29 is 4.79 Å². The van der Waals surface area contributed by atoms with Crippen molar-refractivity contribution in [3.05, 3.63) is 52.0 Å². The fourth-order valence-electron chi connectivity index (χ4n) is 1.74. The summed E-state index contributed by atoms with van der Waals surface area (Å²) in [5.41, 5.74) is 8.39. The molecule has 0 radical (unpaired) electrons. The highest BCUT2D eigenvalue weighted by Crippen LogP contribution is 2.23. The van der Waals surface area contributed by atoms with Gasteiger partial charge in [-0.2, -0.15) is 0 Å². The van der Waals surface area contributed by atoms with Crippen LogP contribution in [0, 0.1) is 6.92 Å². The van der Waals surface area contributed by atoms with Crippen molar-refractivity contribution in [3.63, 3.8) is 0 Å². The molecule has 0 aromatic heterocycles. The van der Waals surface area contributed by atoms with Crippen LogP contribution in [-0.4, -0.2) is 6.03 Å². The van der Waals surface area contributed by atoms with Crippen molar-refractivity contribution in [2.45, 2.75) is 6.92 Å². The summed E-state index contributed by atoms with van der Waals surface area (Å²) in [5.74, 6) is 0. The lowest BCUT2D eigenvalue weighted by Crippen LogP contribution is -2.20. The molecule has 0 aliphatic rings. The van der Waals surface area contributed by atoms with E-state index in [-0.39, 0.29) is 6.03 Å². The number of hydrogen-bond donors (Lipinski definition) is 3. The van der Waals surface area contributed by atoms with Crippen LogP contribution < -0.4 is 16.4 Å². The molecule has 2 amide bonds. The molecule has 6 heteroatoms. The van der Waals surface area contributed by atoms with E-state index in [4.69, 9.17) is 28.9 Å². The van der Waals surface area contributed by atoms with Crippen LogP contribution in [0.15, 0.2) is 36.4 Å². The van der Waals surface area contributed by atoms with Gasteiger partial charge in [0.2, 0.25) is 0 Å². The Labute approximate surface area is 126 Å². The van der Waals surface area contributed by atoms with Crippen LogP contribution in [-0.2, 0) is 0 Å². The minimum absolute atomic E-state index is 0.379. The Balaban J connectivity index is 2.09. The molecule has 0 fully saturated rings. The van der Waals surface area contributed by atoms with E-state index >= 15 is 0 Å². The number of nitrogen functional groups attached to an aromatic ring is 1. The Kier molecular flexibility index (Phi) is 4.37. The molecule has 0 heterocycles. The van der Waals surface area contributed by atoms with Crippen LogP contribution in [0.4, 0.5) is 21.9 Å². The molecule has 0 aliphatic heterocycles. The number of nitrogens with two attached hydrogens (primary N) is 1. The highest BCUT2D eigenvalue weighted by Gasteiger charge is 2.06. The monoisotopic (exact) mass is 309 g/mol. The third kappa shape index (κ3) is 3.79. The number of hydrogen-bond acceptors (Lipinski definition) is 2. The SMILES string of the molecule is Cc1cc(N)ccc1NC(=O)Nc1cc(Cl)cc(Cl)c1. The van der Waals surface area contributed by atoms with Crippen molar-refractivity contribution in [2.75, 3.05) is 16.4 Å². The molecule has 4 nitrogen and oxygen atoms in total. The molecule has 0 spiro atoms. The minimum atomic E-state index is -0.379. The molecule has 2 aromatic carbocycles. The molecule has 104 valence electrons. The van der Waals surface area contributed by atoms with Gasteiger partial charge < -0.3 is 16.4 Å². The molecule has 0 unspecified atom stereocenters. The normalized spacial score (nSPS) is 10.2. The van der Waals surface area contributed by atoms with Crippen molar-refractivity contribution in [1.29, 1.82) is 0 Å². The Hall–Kier alpha value is -1.91. The summed E-state index contributed by atoms with van der Waals surface area (Å²) in [5, 5.41) is 6.31. The molecule has 20 heavy (non-hydrogen) atoms. The van der Waals surface area contributed by atoms with E-state index in [2.05, 4.69) is 10.6 Å². The number of nitrogens with one attached hydrogen (secondary N) is 2. The Morgan fingerprint density at radius 2 is 1.70 bits per heavy atom. The average Bonchev–Trinajstić information content (AvgIpc) is 2.31. The molecule has 0 atom stereocenters. The van der Waals surface area contributed by atoms with Crippen molar-refractivity contribution >= 4 is 46.3 Å². The first-order chi connectivity index (χ1) is 9.44. The lowest BCUT2D eigenvalue weighted by molar-refractivity contribution is 0.262. The van der Waals surface area contributed by atoms with Crippen LogP contribution in [0.25, 0.3) is 0 Å². The fourth-order valence-corrected chi connectivity index (χ4v) is 2.26. The first-order valence-electron chi connectivity index (χ1n) is 5.84. The first kappa shape index (κ1) is 14.5. The maximum absolute atomic E-state index is 11.9. The van der Waals surface area contributed by atoms with E-state index in [0.29, 0.717) is 27.1 Å². The molecule has 2 aromatic rings. The number of aryl methyl sites for hydroxylation is 1. The lowest BCUT2D eigenvalue weighted by Gasteiger charge is -2.11. The summed E-state index contributed by atoms with van der Waals surface area (Å²) < 4.78 is 0. The smallest absolute Gasteiger partial charge is 0.323 e. The van der Waals surface area contributed by atoms with Gasteiger partial charge in [-0.25, -0.2) is 4.79 Å². The zero-order valence-electron chi connectivity index (χ0n) is 10.7. The van der Waals surface area contributed by atoms with Gasteiger partial charge >= 0.3 is 6.03 Å². The van der Waals surface area contributed by atoms with Gasteiger partial charge in [0.25, 0.3) is 0 Å². The number of urea groups is 1. The van der Waals surface area contributed by atoms with Crippen LogP contribution >= 0.6 is 23.2 Å². The number of halogens is 2. The number of amides is 2. The molecule has 0 bridgehead atoms. The zero-order valence-corrected chi connectivity index (χ0v) is 12.2. The van der Waals surface area contributed by atoms with Gasteiger partial charge in [0.1, 0.15) is 0 Å². The van der Waals surface area contributed by atoms with Crippen LogP contribution in [0.2, 0.25) is 10.0 Å². The average molecular weight is 310 g/mol. The van der Waals surface area contributed by atoms with Crippen LogP contribution in [0.1, 0.15) is 5.56 Å². The lowest BCUT2D eigenvalue weighted by atomic mass is 10.2. The summed E-state index contributed by atoms with van der Waals surface area (Å²) in [7, 11) is 0. The van der Waals surface area contributed by atoms with Crippen molar-refractivity contribution in [3.8, 4) is 0 Å². The molecular formula is C14H13Cl2N3O. The van der Waals surface area contributed by atoms with E-state index in [1.54, 1.807) is 36.4 Å². The number of anilines is 3. The van der Waals surface area contributed by atoms with E-state index in [1.165, 1.54) is 0 Å². The van der Waals surface area contributed by atoms with Crippen molar-refractivity contribution in [1.82, 2.24) is 0 Å². The Bertz CT molecular complexity index is 639. The minimum Gasteiger partial charge on any atom is -0.399 e. The second kappa shape index (κ2) is 6.03. The highest BCUT2D eigenvalue weighted by atomic mass is 35.5. The third-order valence-electron chi connectivity index (χ3n) is 2.62. The zero-order chi connectivity index (χ0) is 14.7. The van der Waals surface area contributed by atoms with Crippen LogP contribution in [0.5, 0.6) is 0 Å². The van der Waals surface area contributed by atoms with Crippen LogP contribution in [0.3, 0.4) is 0 Å². The fraction of sp³-hybridized carbons (Fsp3) is 0.0714. The number of carbonyl (C=O) groups is 1. The second-order valence-electron chi connectivity index (χ2n) is 4.31. The Morgan fingerprint density at radius 3 is 2.30 bits per heavy atom. The predicted molar refractivity (Wildman–Crippen MR) is 84.7 cm³/mol. The number of benzene rings is 2. The molecule has 0 aliphatic carbocycles.